The van der Waals surface area contributed by atoms with E-state index in [-0.39, 0.29) is 35.5 Å². The Balaban J connectivity index is 1.81. The van der Waals surface area contributed by atoms with Crippen LogP contribution in [0.5, 0.6) is 5.75 Å². The van der Waals surface area contributed by atoms with Crippen molar-refractivity contribution in [2.45, 2.75) is 50.2 Å². The van der Waals surface area contributed by atoms with Crippen LogP contribution in [0.15, 0.2) is 114 Å². The van der Waals surface area contributed by atoms with E-state index in [2.05, 4.69) is 5.32 Å². The van der Waals surface area contributed by atoms with Crippen molar-refractivity contribution in [1.29, 1.82) is 0 Å². The van der Waals surface area contributed by atoms with Crippen molar-refractivity contribution in [3.8, 4) is 5.75 Å². The van der Waals surface area contributed by atoms with E-state index in [9.17, 15) is 18.0 Å². The molecule has 236 valence electrons. The van der Waals surface area contributed by atoms with Gasteiger partial charge in [0, 0.05) is 24.0 Å². The molecule has 4 aromatic rings. The third-order valence-corrected chi connectivity index (χ3v) is 9.49. The van der Waals surface area contributed by atoms with Crippen LogP contribution in [0.4, 0.5) is 5.69 Å². The highest BCUT2D eigenvalue weighted by atomic mass is 35.5. The molecule has 45 heavy (non-hydrogen) atoms. The summed E-state index contributed by atoms with van der Waals surface area (Å²) in [7, 11) is -2.65. The topological polar surface area (TPSA) is 96.0 Å². The number of methoxy groups -OCH3 is 1. The van der Waals surface area contributed by atoms with Gasteiger partial charge in [-0.3, -0.25) is 13.9 Å². The maximum absolute atomic E-state index is 14.5. The molecule has 2 atom stereocenters. The van der Waals surface area contributed by atoms with Crippen molar-refractivity contribution >= 4 is 39.1 Å². The summed E-state index contributed by atoms with van der Waals surface area (Å²) in [5, 5.41) is 3.35. The molecule has 0 saturated carbocycles. The summed E-state index contributed by atoms with van der Waals surface area (Å²) < 4.78 is 34.5. The number of halogens is 1. The molecule has 0 aromatic heterocycles. The molecule has 1 N–H and O–H groups in total. The second-order valence-corrected chi connectivity index (χ2v) is 13.0. The zero-order valence-corrected chi connectivity index (χ0v) is 27.2. The van der Waals surface area contributed by atoms with E-state index in [0.29, 0.717) is 17.2 Å². The molecule has 0 aliphatic rings. The fourth-order valence-electron chi connectivity index (χ4n) is 4.84. The van der Waals surface area contributed by atoms with E-state index in [1.807, 2.05) is 50.2 Å². The second-order valence-electron chi connectivity index (χ2n) is 10.7. The number of hydrogen-bond acceptors (Lipinski definition) is 5. The maximum Gasteiger partial charge on any atom is 0.264 e. The Bertz CT molecular complexity index is 1690. The van der Waals surface area contributed by atoms with Crippen molar-refractivity contribution in [3.63, 3.8) is 0 Å². The molecule has 0 saturated heterocycles. The lowest BCUT2D eigenvalue weighted by molar-refractivity contribution is -0.140. The highest BCUT2D eigenvalue weighted by Crippen LogP contribution is 2.27. The molecular weight excluding hydrogens is 610 g/mol. The van der Waals surface area contributed by atoms with Gasteiger partial charge in [-0.15, -0.1) is 0 Å². The molecule has 0 bridgehead atoms. The summed E-state index contributed by atoms with van der Waals surface area (Å²) in [6.07, 6.45) is 0.924. The highest BCUT2D eigenvalue weighted by molar-refractivity contribution is 7.92. The zero-order valence-electron chi connectivity index (χ0n) is 25.6. The number of rotatable bonds is 14. The van der Waals surface area contributed by atoms with E-state index in [1.165, 1.54) is 23.1 Å². The first-order valence-corrected chi connectivity index (χ1v) is 16.5. The summed E-state index contributed by atoms with van der Waals surface area (Å²) >= 11 is 6.28. The summed E-state index contributed by atoms with van der Waals surface area (Å²) in [6, 6.07) is 29.8. The van der Waals surface area contributed by atoms with E-state index < -0.39 is 28.5 Å². The minimum absolute atomic E-state index is 0.0208. The lowest BCUT2D eigenvalue weighted by atomic mass is 10.0. The first kappa shape index (κ1) is 33.6. The van der Waals surface area contributed by atoms with Crippen molar-refractivity contribution in [3.05, 3.63) is 125 Å². The van der Waals surface area contributed by atoms with Gasteiger partial charge in [0.05, 0.1) is 17.7 Å². The van der Waals surface area contributed by atoms with E-state index >= 15 is 0 Å². The van der Waals surface area contributed by atoms with Gasteiger partial charge in [0.2, 0.25) is 11.8 Å². The van der Waals surface area contributed by atoms with Gasteiger partial charge >= 0.3 is 0 Å². The first-order valence-electron chi connectivity index (χ1n) is 14.7. The average molecular weight is 648 g/mol. The smallest absolute Gasteiger partial charge is 0.264 e. The number of carbonyl (C=O) groups excluding carboxylic acids is 2. The fourth-order valence-corrected chi connectivity index (χ4v) is 6.45. The quantitative estimate of drug-likeness (QED) is 0.179. The van der Waals surface area contributed by atoms with Crippen LogP contribution in [0, 0.1) is 0 Å². The van der Waals surface area contributed by atoms with E-state index in [1.54, 1.807) is 61.7 Å². The van der Waals surface area contributed by atoms with Gasteiger partial charge in [-0.1, -0.05) is 85.3 Å². The number of amides is 2. The monoisotopic (exact) mass is 647 g/mol. The molecule has 0 aliphatic heterocycles. The normalized spacial score (nSPS) is 12.5. The van der Waals surface area contributed by atoms with Crippen LogP contribution in [0.2, 0.25) is 5.02 Å². The Labute approximate surface area is 270 Å². The number of hydrogen-bond donors (Lipinski definition) is 1. The number of sulfonamides is 1. The molecule has 4 aromatic carbocycles. The predicted molar refractivity (Wildman–Crippen MR) is 178 cm³/mol. The number of ether oxygens (including phenoxy) is 1. The molecule has 0 radical (unpaired) electrons. The second kappa shape index (κ2) is 15.6. The number of carbonyl (C=O) groups is 2. The lowest BCUT2D eigenvalue weighted by Gasteiger charge is -2.34. The van der Waals surface area contributed by atoms with Gasteiger partial charge in [0.25, 0.3) is 10.0 Å². The van der Waals surface area contributed by atoms with Gasteiger partial charge in [-0.05, 0) is 66.9 Å². The van der Waals surface area contributed by atoms with Gasteiger partial charge in [-0.2, -0.15) is 0 Å². The van der Waals surface area contributed by atoms with Crippen LogP contribution >= 0.6 is 11.6 Å². The zero-order chi connectivity index (χ0) is 32.4. The molecule has 10 heteroatoms. The van der Waals surface area contributed by atoms with Crippen LogP contribution in [0.3, 0.4) is 0 Å². The van der Waals surface area contributed by atoms with Crippen LogP contribution in [0.25, 0.3) is 0 Å². The molecule has 0 fully saturated rings. The predicted octanol–water partition coefficient (Wildman–Crippen LogP) is 6.10. The van der Waals surface area contributed by atoms with Crippen molar-refractivity contribution < 1.29 is 22.7 Å². The maximum atomic E-state index is 14.5. The van der Waals surface area contributed by atoms with Gasteiger partial charge < -0.3 is 15.0 Å². The molecule has 0 spiro atoms. The number of anilines is 1. The Hall–Kier alpha value is -4.34. The highest BCUT2D eigenvalue weighted by Gasteiger charge is 2.35. The summed E-state index contributed by atoms with van der Waals surface area (Å²) in [5.41, 5.74) is 1.80. The average Bonchev–Trinajstić information content (AvgIpc) is 3.05. The third-order valence-electron chi connectivity index (χ3n) is 7.47. The Morgan fingerprint density at radius 1 is 0.867 bits per heavy atom. The molecule has 8 nitrogen and oxygen atoms in total. The van der Waals surface area contributed by atoms with Crippen LogP contribution in [0.1, 0.15) is 31.4 Å². The first-order chi connectivity index (χ1) is 21.6. The van der Waals surface area contributed by atoms with Crippen molar-refractivity contribution in [2.24, 2.45) is 0 Å². The number of nitrogens with zero attached hydrogens (tertiary/aromatic N) is 2. The van der Waals surface area contributed by atoms with Crippen LogP contribution < -0.4 is 14.4 Å². The molecule has 0 aliphatic carbocycles. The standard InChI is InChI=1S/C35H38ClN3O5S/c1-4-26(2)37-35(41)33(22-27-13-7-5-8-14-27)38(24-28-15-11-18-31(21-28)44-3)34(40)25-39(30-17-12-16-29(36)23-30)45(42,43)32-19-9-6-10-20-32/h5-21,23,26,33H,4,22,24-25H2,1-3H3,(H,37,41)/t26-,33+/m1/s1. The fraction of sp³-hybridized carbons (Fsp3) is 0.257. The molecule has 0 unspecified atom stereocenters. The minimum Gasteiger partial charge on any atom is -0.497 e. The molecule has 2 amide bonds. The SMILES string of the molecule is CC[C@@H](C)NC(=O)[C@H](Cc1ccccc1)N(Cc1cccc(OC)c1)C(=O)CN(c1cccc(Cl)c1)S(=O)(=O)c1ccccc1. The van der Waals surface area contributed by atoms with E-state index in [0.717, 1.165) is 15.4 Å². The summed E-state index contributed by atoms with van der Waals surface area (Å²) in [5.74, 6) is -0.294. The van der Waals surface area contributed by atoms with Gasteiger partial charge in [0.15, 0.2) is 0 Å². The lowest BCUT2D eigenvalue weighted by Crippen LogP contribution is -2.54. The van der Waals surface area contributed by atoms with Gasteiger partial charge in [0.1, 0.15) is 18.3 Å². The van der Waals surface area contributed by atoms with Crippen molar-refractivity contribution in [2.75, 3.05) is 18.0 Å². The third kappa shape index (κ3) is 8.86. The van der Waals surface area contributed by atoms with Crippen LogP contribution in [-0.4, -0.2) is 50.9 Å². The summed E-state index contributed by atoms with van der Waals surface area (Å²) in [4.78, 5) is 29.9. The van der Waals surface area contributed by atoms with E-state index in [4.69, 9.17) is 16.3 Å². The molecule has 4 rings (SSSR count). The Kier molecular flexibility index (Phi) is 11.6. The number of nitrogens with one attached hydrogen (secondary N) is 1. The van der Waals surface area contributed by atoms with Crippen LogP contribution in [-0.2, 0) is 32.6 Å². The Morgan fingerprint density at radius 3 is 2.16 bits per heavy atom. The van der Waals surface area contributed by atoms with Gasteiger partial charge in [-0.25, -0.2) is 8.42 Å². The minimum atomic E-state index is -4.20. The Morgan fingerprint density at radius 2 is 1.51 bits per heavy atom. The number of benzene rings is 4. The molecule has 0 heterocycles. The van der Waals surface area contributed by atoms with Crippen molar-refractivity contribution in [1.82, 2.24) is 10.2 Å². The largest absolute Gasteiger partial charge is 0.497 e. The summed E-state index contributed by atoms with van der Waals surface area (Å²) in [6.45, 7) is 3.34. The molecular formula is C35H38ClN3O5S.